The van der Waals surface area contributed by atoms with Crippen molar-refractivity contribution >= 4 is 32.6 Å². The van der Waals surface area contributed by atoms with Crippen LogP contribution in [0.1, 0.15) is 35.2 Å². The number of primary sulfonamides is 1. The van der Waals surface area contributed by atoms with Crippen LogP contribution in [0, 0.1) is 12.7 Å². The average molecular weight is 508 g/mol. The number of halogens is 1. The van der Waals surface area contributed by atoms with Gasteiger partial charge < -0.3 is 10.2 Å². The highest BCUT2D eigenvalue weighted by Gasteiger charge is 2.25. The van der Waals surface area contributed by atoms with Crippen LogP contribution in [0.15, 0.2) is 64.3 Å². The molecule has 0 radical (unpaired) electrons. The van der Waals surface area contributed by atoms with Gasteiger partial charge in [0.25, 0.3) is 5.56 Å². The van der Waals surface area contributed by atoms with Crippen molar-refractivity contribution in [2.75, 3.05) is 10.2 Å². The Labute approximate surface area is 208 Å². The van der Waals surface area contributed by atoms with Crippen molar-refractivity contribution in [1.29, 1.82) is 0 Å². The number of aryl methyl sites for hydroxylation is 1. The summed E-state index contributed by atoms with van der Waals surface area (Å²) in [6.45, 7) is 4.72. The van der Waals surface area contributed by atoms with Gasteiger partial charge in [0.2, 0.25) is 16.0 Å². The van der Waals surface area contributed by atoms with Crippen molar-refractivity contribution in [3.63, 3.8) is 0 Å². The van der Waals surface area contributed by atoms with Crippen LogP contribution < -0.4 is 20.9 Å². The third-order valence-corrected chi connectivity index (χ3v) is 7.51. The van der Waals surface area contributed by atoms with Crippen LogP contribution in [0.5, 0.6) is 0 Å². The number of hydrogen-bond acceptors (Lipinski definition) is 6. The van der Waals surface area contributed by atoms with E-state index < -0.39 is 16.1 Å². The van der Waals surface area contributed by atoms with Crippen molar-refractivity contribution in [2.45, 2.75) is 37.9 Å². The predicted octanol–water partition coefficient (Wildman–Crippen LogP) is 3.72. The molecule has 186 valence electrons. The van der Waals surface area contributed by atoms with E-state index in [-0.39, 0.29) is 16.3 Å². The smallest absolute Gasteiger partial charge is 0.262 e. The lowest BCUT2D eigenvalue weighted by atomic mass is 10.0. The second-order valence-corrected chi connectivity index (χ2v) is 10.7. The first-order valence-corrected chi connectivity index (χ1v) is 13.0. The number of anilines is 2. The molecule has 4 aromatic rings. The van der Waals surface area contributed by atoms with Gasteiger partial charge in [0.1, 0.15) is 10.7 Å². The zero-order chi connectivity index (χ0) is 25.8. The number of fused-ring (bicyclic) bond motifs is 2. The Morgan fingerprint density at radius 2 is 1.81 bits per heavy atom. The molecule has 1 aromatic heterocycles. The molecule has 1 aliphatic rings. The largest absolute Gasteiger partial charge is 0.377 e. The lowest BCUT2D eigenvalue weighted by molar-refractivity contribution is 0.598. The number of para-hydroxylation sites is 1. The monoisotopic (exact) mass is 507 g/mol. The third kappa shape index (κ3) is 4.22. The number of rotatable bonds is 5. The summed E-state index contributed by atoms with van der Waals surface area (Å²) >= 11 is 0. The summed E-state index contributed by atoms with van der Waals surface area (Å²) in [7, 11) is -2.26. The summed E-state index contributed by atoms with van der Waals surface area (Å²) in [4.78, 5) is 20.3. The van der Waals surface area contributed by atoms with Crippen LogP contribution in [0.2, 0.25) is 0 Å². The molecule has 10 heteroatoms. The van der Waals surface area contributed by atoms with Crippen molar-refractivity contribution in [1.82, 2.24) is 9.55 Å². The number of hydrogen-bond donors (Lipinski definition) is 2. The minimum Gasteiger partial charge on any atom is -0.377 e. The van der Waals surface area contributed by atoms with Gasteiger partial charge in [-0.3, -0.25) is 9.36 Å². The third-order valence-electron chi connectivity index (χ3n) is 6.54. The maximum absolute atomic E-state index is 13.8. The fourth-order valence-electron chi connectivity index (χ4n) is 4.80. The van der Waals surface area contributed by atoms with E-state index in [1.807, 2.05) is 24.8 Å². The van der Waals surface area contributed by atoms with Crippen molar-refractivity contribution in [3.8, 4) is 0 Å². The summed E-state index contributed by atoms with van der Waals surface area (Å²) in [6.07, 6.45) is 0. The fourth-order valence-corrected chi connectivity index (χ4v) is 5.51. The topological polar surface area (TPSA) is 110 Å². The second-order valence-electron chi connectivity index (χ2n) is 9.20. The number of aromatic nitrogens is 2. The molecule has 2 heterocycles. The van der Waals surface area contributed by atoms with E-state index in [1.165, 1.54) is 22.8 Å². The van der Waals surface area contributed by atoms with E-state index in [0.717, 1.165) is 22.3 Å². The molecule has 1 aliphatic heterocycles. The normalized spacial score (nSPS) is 14.2. The van der Waals surface area contributed by atoms with Gasteiger partial charge >= 0.3 is 0 Å². The molecule has 8 nitrogen and oxygen atoms in total. The number of sulfonamides is 1. The number of nitrogens with one attached hydrogen (secondary N) is 1. The number of benzene rings is 3. The lowest BCUT2D eigenvalue weighted by Crippen LogP contribution is -2.28. The second kappa shape index (κ2) is 8.72. The SMILES string of the molecule is Cc1cc(C(C)Nc2ccccc2S(N)(=O)=O)c2nc(N3Cc4ccc(F)cc4C3)n(C)c(=O)c2c1. The molecule has 1 atom stereocenters. The van der Waals surface area contributed by atoms with Crippen LogP contribution in [0.25, 0.3) is 10.9 Å². The molecular weight excluding hydrogens is 481 g/mol. The van der Waals surface area contributed by atoms with Gasteiger partial charge in [-0.15, -0.1) is 0 Å². The summed E-state index contributed by atoms with van der Waals surface area (Å²) < 4.78 is 39.4. The fraction of sp³-hybridized carbons (Fsp3) is 0.231. The van der Waals surface area contributed by atoms with Crippen LogP contribution in [-0.2, 0) is 30.2 Å². The first kappa shape index (κ1) is 24.0. The van der Waals surface area contributed by atoms with Gasteiger partial charge in [-0.2, -0.15) is 0 Å². The first-order chi connectivity index (χ1) is 17.0. The highest BCUT2D eigenvalue weighted by atomic mass is 32.2. The minimum absolute atomic E-state index is 0.0135. The Morgan fingerprint density at radius 1 is 1.08 bits per heavy atom. The summed E-state index contributed by atoms with van der Waals surface area (Å²) in [5.41, 5.74) is 4.17. The molecule has 3 N–H and O–H groups in total. The maximum Gasteiger partial charge on any atom is 0.262 e. The Bertz CT molecular complexity index is 1680. The molecule has 1 unspecified atom stereocenters. The van der Waals surface area contributed by atoms with E-state index in [4.69, 9.17) is 10.1 Å². The Balaban J connectivity index is 1.61. The zero-order valence-electron chi connectivity index (χ0n) is 20.1. The Kier molecular flexibility index (Phi) is 5.80. The van der Waals surface area contributed by atoms with Gasteiger partial charge in [0.05, 0.1) is 22.6 Å². The zero-order valence-corrected chi connectivity index (χ0v) is 20.9. The molecular formula is C26H26FN5O3S. The van der Waals surface area contributed by atoms with Crippen molar-refractivity contribution in [2.24, 2.45) is 12.2 Å². The van der Waals surface area contributed by atoms with Crippen LogP contribution >= 0.6 is 0 Å². The van der Waals surface area contributed by atoms with E-state index in [0.29, 0.717) is 35.6 Å². The summed E-state index contributed by atoms with van der Waals surface area (Å²) in [5.74, 6) is 0.180. The van der Waals surface area contributed by atoms with Crippen LogP contribution in [0.3, 0.4) is 0 Å². The standard InChI is InChI=1S/C26H26FN5O3S/c1-15-10-20(16(2)29-22-6-4-5-7-23(22)36(28,34)35)24-21(11-15)25(33)31(3)26(30-24)32-13-17-8-9-19(27)12-18(17)14-32/h4-12,16,29H,13-14H2,1-3H3,(H2,28,34,35). The molecule has 3 aromatic carbocycles. The van der Waals surface area contributed by atoms with E-state index in [1.54, 1.807) is 37.4 Å². The highest BCUT2D eigenvalue weighted by Crippen LogP contribution is 2.32. The van der Waals surface area contributed by atoms with Gasteiger partial charge in [0.15, 0.2) is 0 Å². The number of nitrogens with zero attached hydrogens (tertiary/aromatic N) is 3. The predicted molar refractivity (Wildman–Crippen MR) is 138 cm³/mol. The van der Waals surface area contributed by atoms with Gasteiger partial charge in [-0.25, -0.2) is 22.9 Å². The van der Waals surface area contributed by atoms with Gasteiger partial charge in [-0.1, -0.05) is 24.3 Å². The molecule has 0 saturated carbocycles. The van der Waals surface area contributed by atoms with Crippen molar-refractivity contribution in [3.05, 3.63) is 93.0 Å². The Morgan fingerprint density at radius 3 is 2.56 bits per heavy atom. The van der Waals surface area contributed by atoms with Crippen LogP contribution in [0.4, 0.5) is 16.0 Å². The average Bonchev–Trinajstić information content (AvgIpc) is 3.23. The summed E-state index contributed by atoms with van der Waals surface area (Å²) in [6, 6.07) is 14.5. The molecule has 0 spiro atoms. The lowest BCUT2D eigenvalue weighted by Gasteiger charge is -2.23. The molecule has 0 aliphatic carbocycles. The summed E-state index contributed by atoms with van der Waals surface area (Å²) in [5, 5.41) is 9.10. The van der Waals surface area contributed by atoms with E-state index in [9.17, 15) is 17.6 Å². The first-order valence-electron chi connectivity index (χ1n) is 11.4. The maximum atomic E-state index is 13.8. The Hall–Kier alpha value is -3.76. The minimum atomic E-state index is -3.94. The van der Waals surface area contributed by atoms with Gasteiger partial charge in [0, 0.05) is 25.7 Å². The highest BCUT2D eigenvalue weighted by molar-refractivity contribution is 7.89. The van der Waals surface area contributed by atoms with E-state index in [2.05, 4.69) is 5.32 Å². The van der Waals surface area contributed by atoms with Gasteiger partial charge in [-0.05, 0) is 60.9 Å². The van der Waals surface area contributed by atoms with Crippen LogP contribution in [-0.4, -0.2) is 18.0 Å². The molecule has 0 bridgehead atoms. The van der Waals surface area contributed by atoms with E-state index >= 15 is 0 Å². The number of nitrogens with two attached hydrogens (primary N) is 1. The molecule has 0 saturated heterocycles. The molecule has 5 rings (SSSR count). The molecule has 36 heavy (non-hydrogen) atoms. The van der Waals surface area contributed by atoms with Crippen molar-refractivity contribution < 1.29 is 12.8 Å². The molecule has 0 amide bonds. The quantitative estimate of drug-likeness (QED) is 0.426. The molecule has 0 fully saturated rings.